The van der Waals surface area contributed by atoms with Crippen LogP contribution in [0.2, 0.25) is 0 Å². The summed E-state index contributed by atoms with van der Waals surface area (Å²) in [5.41, 5.74) is -0.726. The molecule has 0 amide bonds. The van der Waals surface area contributed by atoms with Crippen LogP contribution in [-0.4, -0.2) is 18.0 Å². The quantitative estimate of drug-likeness (QED) is 0.472. The Labute approximate surface area is 147 Å². The van der Waals surface area contributed by atoms with Crippen LogP contribution in [0.3, 0.4) is 0 Å². The molecule has 3 rings (SSSR count). The van der Waals surface area contributed by atoms with Gasteiger partial charge >= 0.3 is 11.6 Å². The first kappa shape index (κ1) is 17.4. The van der Waals surface area contributed by atoms with Crippen LogP contribution in [0.25, 0.3) is 0 Å². The van der Waals surface area contributed by atoms with Gasteiger partial charge in [0.05, 0.1) is 29.1 Å². The molecule has 0 radical (unpaired) electrons. The fraction of sp³-hybridized carbons (Fsp3) is 0.222. The average Bonchev–Trinajstić information content (AvgIpc) is 2.59. The summed E-state index contributed by atoms with van der Waals surface area (Å²) in [6.07, 6.45) is 0. The van der Waals surface area contributed by atoms with Crippen molar-refractivity contribution in [3.63, 3.8) is 0 Å². The number of nitrogens with zero attached hydrogens (tertiary/aromatic N) is 1. The van der Waals surface area contributed by atoms with E-state index in [2.05, 4.69) is 0 Å². The minimum Gasteiger partial charge on any atom is -0.466 e. The molecular formula is C18H15NO7. The summed E-state index contributed by atoms with van der Waals surface area (Å²) in [4.78, 5) is 35.8. The van der Waals surface area contributed by atoms with Gasteiger partial charge < -0.3 is 13.9 Å². The average molecular weight is 357 g/mol. The predicted molar refractivity (Wildman–Crippen MR) is 90.0 cm³/mol. The van der Waals surface area contributed by atoms with Crippen LogP contribution in [0.4, 0.5) is 5.69 Å². The molecule has 1 aliphatic heterocycles. The lowest BCUT2D eigenvalue weighted by Crippen LogP contribution is -2.27. The van der Waals surface area contributed by atoms with Gasteiger partial charge in [0.2, 0.25) is 0 Å². The highest BCUT2D eigenvalue weighted by Crippen LogP contribution is 2.44. The number of rotatable bonds is 3. The Bertz CT molecular complexity index is 1000. The van der Waals surface area contributed by atoms with Gasteiger partial charge in [-0.1, -0.05) is 18.2 Å². The maximum atomic E-state index is 12.5. The SMILES string of the molecule is COC(=O)C1=C(C)Oc2cc(C)oc(=O)c2C1c1ccccc1[N+](=O)[O-]. The molecule has 8 nitrogen and oxygen atoms in total. The Kier molecular flexibility index (Phi) is 4.33. The molecule has 0 bridgehead atoms. The summed E-state index contributed by atoms with van der Waals surface area (Å²) in [5, 5.41) is 11.5. The van der Waals surface area contributed by atoms with E-state index in [0.29, 0.717) is 5.76 Å². The van der Waals surface area contributed by atoms with Crippen molar-refractivity contribution in [2.75, 3.05) is 7.11 Å². The number of carbonyl (C=O) groups excluding carboxylic acids is 1. The molecule has 134 valence electrons. The molecule has 0 aliphatic carbocycles. The molecule has 1 aliphatic rings. The Hall–Kier alpha value is -3.42. The predicted octanol–water partition coefficient (Wildman–Crippen LogP) is 2.83. The van der Waals surface area contributed by atoms with Gasteiger partial charge in [-0.15, -0.1) is 0 Å². The van der Waals surface area contributed by atoms with E-state index in [0.717, 1.165) is 0 Å². The molecule has 1 aromatic heterocycles. The second-order valence-electron chi connectivity index (χ2n) is 5.73. The second-order valence-corrected chi connectivity index (χ2v) is 5.73. The summed E-state index contributed by atoms with van der Waals surface area (Å²) in [6.45, 7) is 3.13. The zero-order valence-electron chi connectivity index (χ0n) is 14.3. The lowest BCUT2D eigenvalue weighted by Gasteiger charge is -2.27. The third kappa shape index (κ3) is 2.75. The largest absolute Gasteiger partial charge is 0.466 e. The van der Waals surface area contributed by atoms with Gasteiger partial charge in [0.1, 0.15) is 17.3 Å². The van der Waals surface area contributed by atoms with Crippen LogP contribution < -0.4 is 10.4 Å². The molecule has 0 fully saturated rings. The van der Waals surface area contributed by atoms with Crippen molar-refractivity contribution in [2.24, 2.45) is 0 Å². The molecule has 8 heteroatoms. The van der Waals surface area contributed by atoms with Crippen LogP contribution in [0, 0.1) is 17.0 Å². The van der Waals surface area contributed by atoms with Gasteiger partial charge in [0, 0.05) is 17.7 Å². The fourth-order valence-electron chi connectivity index (χ4n) is 3.09. The standard InChI is InChI=1S/C18H15NO7/c1-9-8-13-16(18(21)25-9)15(14(10(2)26-13)17(20)24-3)11-6-4-5-7-12(11)19(22)23/h4-8,15H,1-3H3. The summed E-state index contributed by atoms with van der Waals surface area (Å²) in [7, 11) is 1.19. The van der Waals surface area contributed by atoms with Crippen molar-refractivity contribution in [1.29, 1.82) is 0 Å². The van der Waals surface area contributed by atoms with Gasteiger partial charge in [-0.3, -0.25) is 10.1 Å². The maximum absolute atomic E-state index is 12.5. The van der Waals surface area contributed by atoms with E-state index in [-0.39, 0.29) is 33.9 Å². The van der Waals surface area contributed by atoms with Crippen LogP contribution in [0.1, 0.15) is 29.7 Å². The highest BCUT2D eigenvalue weighted by molar-refractivity contribution is 5.93. The first-order valence-electron chi connectivity index (χ1n) is 7.70. The zero-order chi connectivity index (χ0) is 19.0. The van der Waals surface area contributed by atoms with Gasteiger partial charge in [0.15, 0.2) is 0 Å². The Morgan fingerprint density at radius 1 is 1.27 bits per heavy atom. The third-order valence-corrected chi connectivity index (χ3v) is 4.14. The van der Waals surface area contributed by atoms with E-state index in [4.69, 9.17) is 13.9 Å². The molecule has 0 saturated carbocycles. The maximum Gasteiger partial charge on any atom is 0.343 e. The topological polar surface area (TPSA) is 109 Å². The van der Waals surface area contributed by atoms with E-state index < -0.39 is 22.4 Å². The molecule has 26 heavy (non-hydrogen) atoms. The number of fused-ring (bicyclic) bond motifs is 1. The van der Waals surface area contributed by atoms with E-state index in [1.54, 1.807) is 19.9 Å². The first-order valence-corrected chi connectivity index (χ1v) is 7.70. The molecule has 1 atom stereocenters. The number of benzene rings is 1. The number of hydrogen-bond donors (Lipinski definition) is 0. The Balaban J connectivity index is 2.38. The summed E-state index contributed by atoms with van der Waals surface area (Å²) >= 11 is 0. The highest BCUT2D eigenvalue weighted by Gasteiger charge is 2.40. The van der Waals surface area contributed by atoms with Crippen molar-refractivity contribution < 1.29 is 23.6 Å². The first-order chi connectivity index (χ1) is 12.3. The number of carbonyl (C=O) groups is 1. The Morgan fingerprint density at radius 3 is 2.62 bits per heavy atom. The minimum atomic E-state index is -1.04. The van der Waals surface area contributed by atoms with Gasteiger partial charge in [-0.2, -0.15) is 0 Å². The van der Waals surface area contributed by atoms with E-state index in [1.807, 2.05) is 0 Å². The van der Waals surface area contributed by atoms with E-state index in [1.165, 1.54) is 31.4 Å². The molecule has 1 unspecified atom stereocenters. The number of aryl methyl sites for hydroxylation is 1. The fourth-order valence-corrected chi connectivity index (χ4v) is 3.09. The molecule has 0 saturated heterocycles. The number of methoxy groups -OCH3 is 1. The zero-order valence-corrected chi connectivity index (χ0v) is 14.3. The minimum absolute atomic E-state index is 0.0189. The highest BCUT2D eigenvalue weighted by atomic mass is 16.6. The van der Waals surface area contributed by atoms with Crippen LogP contribution in [0.15, 0.2) is 50.9 Å². The van der Waals surface area contributed by atoms with E-state index >= 15 is 0 Å². The molecule has 1 aromatic carbocycles. The normalized spacial score (nSPS) is 15.9. The molecule has 0 N–H and O–H groups in total. The number of para-hydroxylation sites is 1. The monoisotopic (exact) mass is 357 g/mol. The van der Waals surface area contributed by atoms with Crippen molar-refractivity contribution in [3.05, 3.63) is 79.1 Å². The van der Waals surface area contributed by atoms with Crippen LogP contribution >= 0.6 is 0 Å². The lowest BCUT2D eigenvalue weighted by molar-refractivity contribution is -0.385. The molecule has 0 spiro atoms. The van der Waals surface area contributed by atoms with Gasteiger partial charge in [-0.25, -0.2) is 9.59 Å². The van der Waals surface area contributed by atoms with E-state index in [9.17, 15) is 19.7 Å². The number of esters is 1. The van der Waals surface area contributed by atoms with Crippen molar-refractivity contribution in [3.8, 4) is 5.75 Å². The van der Waals surface area contributed by atoms with Crippen molar-refractivity contribution in [1.82, 2.24) is 0 Å². The number of nitro groups is 1. The number of hydrogen-bond acceptors (Lipinski definition) is 7. The molecule has 2 heterocycles. The molecular weight excluding hydrogens is 342 g/mol. The lowest BCUT2D eigenvalue weighted by atomic mass is 9.82. The number of allylic oxidation sites excluding steroid dienone is 1. The number of nitro benzene ring substituents is 1. The van der Waals surface area contributed by atoms with Crippen molar-refractivity contribution >= 4 is 11.7 Å². The summed E-state index contributed by atoms with van der Waals surface area (Å²) in [6, 6.07) is 7.42. The van der Waals surface area contributed by atoms with Crippen LogP contribution in [-0.2, 0) is 9.53 Å². The smallest absolute Gasteiger partial charge is 0.343 e. The third-order valence-electron chi connectivity index (χ3n) is 4.14. The Morgan fingerprint density at radius 2 is 1.96 bits per heavy atom. The van der Waals surface area contributed by atoms with Gasteiger partial charge in [-0.05, 0) is 13.8 Å². The number of ether oxygens (including phenoxy) is 2. The second kappa shape index (κ2) is 6.47. The van der Waals surface area contributed by atoms with Gasteiger partial charge in [0.25, 0.3) is 5.69 Å². The van der Waals surface area contributed by atoms with Crippen molar-refractivity contribution in [2.45, 2.75) is 19.8 Å². The molecule has 2 aromatic rings. The summed E-state index contributed by atoms with van der Waals surface area (Å²) < 4.78 is 15.6. The van der Waals surface area contributed by atoms with Crippen LogP contribution in [0.5, 0.6) is 5.75 Å². The summed E-state index contributed by atoms with van der Waals surface area (Å²) in [5.74, 6) is -1.05.